The minimum absolute atomic E-state index is 0.242. The number of nitrogens with zero attached hydrogens (tertiary/aromatic N) is 2. The van der Waals surface area contributed by atoms with E-state index < -0.39 is 11.8 Å². The summed E-state index contributed by atoms with van der Waals surface area (Å²) in [7, 11) is 4.40. The Balaban J connectivity index is 1.91. The number of carbonyl (C=O) groups is 2. The normalized spacial score (nSPS) is 10.5. The molecule has 0 saturated heterocycles. The Hall–Kier alpha value is -3.75. The molecule has 2 aromatic carbocycles. The van der Waals surface area contributed by atoms with Crippen LogP contribution in [0, 0.1) is 0 Å². The van der Waals surface area contributed by atoms with Gasteiger partial charge in [-0.25, -0.2) is 5.43 Å². The van der Waals surface area contributed by atoms with Gasteiger partial charge in [0.05, 0.1) is 34.1 Å². The van der Waals surface area contributed by atoms with Crippen LogP contribution in [0.3, 0.4) is 0 Å². The molecule has 0 aliphatic heterocycles. The number of carbonyl (C=O) groups excluding carboxylic acids is 2. The van der Waals surface area contributed by atoms with Crippen LogP contribution in [0.1, 0.15) is 29.8 Å². The number of hydrogen-bond donors (Lipinski definition) is 2. The van der Waals surface area contributed by atoms with E-state index >= 15 is 0 Å². The number of methoxy groups -OCH3 is 3. The van der Waals surface area contributed by atoms with Gasteiger partial charge < -0.3 is 24.4 Å². The van der Waals surface area contributed by atoms with Crippen molar-refractivity contribution >= 4 is 23.7 Å². The first-order valence-electron chi connectivity index (χ1n) is 10.2. The van der Waals surface area contributed by atoms with Crippen LogP contribution in [0.5, 0.6) is 17.2 Å². The van der Waals surface area contributed by atoms with Crippen LogP contribution < -0.4 is 29.9 Å². The van der Waals surface area contributed by atoms with E-state index in [0.717, 1.165) is 24.3 Å². The Morgan fingerprint density at radius 2 is 1.56 bits per heavy atom. The van der Waals surface area contributed by atoms with Gasteiger partial charge in [0.15, 0.2) is 11.5 Å². The molecule has 9 nitrogen and oxygen atoms in total. The summed E-state index contributed by atoms with van der Waals surface area (Å²) in [5, 5.41) is 6.48. The van der Waals surface area contributed by atoms with Gasteiger partial charge in [0.2, 0.25) is 5.75 Å². The standard InChI is InChI=1S/C23H30N4O5/c1-6-27(7-2)18-10-8-16(9-11-18)14-25-26-21(28)15-24-23(29)17-12-19(30-3)22(32-5)20(13-17)31-4/h8-14H,6-7,15H2,1-5H3,(H,24,29)(H,26,28). The Kier molecular flexibility index (Phi) is 9.34. The van der Waals surface area contributed by atoms with E-state index in [1.165, 1.54) is 33.5 Å². The molecule has 0 radical (unpaired) electrons. The van der Waals surface area contributed by atoms with Gasteiger partial charge in [0.1, 0.15) is 0 Å². The minimum atomic E-state index is -0.463. The van der Waals surface area contributed by atoms with Crippen LogP contribution in [-0.4, -0.2) is 59.0 Å². The third kappa shape index (κ3) is 6.37. The summed E-state index contributed by atoms with van der Waals surface area (Å²) in [6, 6.07) is 10.9. The Morgan fingerprint density at radius 3 is 2.06 bits per heavy atom. The number of hydrazone groups is 1. The van der Waals surface area contributed by atoms with E-state index in [9.17, 15) is 9.59 Å². The largest absolute Gasteiger partial charge is 0.493 e. The molecule has 172 valence electrons. The maximum Gasteiger partial charge on any atom is 0.259 e. The predicted molar refractivity (Wildman–Crippen MR) is 124 cm³/mol. The van der Waals surface area contributed by atoms with Crippen LogP contribution >= 0.6 is 0 Å². The Labute approximate surface area is 188 Å². The molecule has 32 heavy (non-hydrogen) atoms. The van der Waals surface area contributed by atoms with E-state index in [4.69, 9.17) is 14.2 Å². The number of rotatable bonds is 11. The fourth-order valence-electron chi connectivity index (χ4n) is 3.05. The average molecular weight is 443 g/mol. The molecule has 0 unspecified atom stereocenters. The second-order valence-corrected chi connectivity index (χ2v) is 6.65. The van der Waals surface area contributed by atoms with Crippen molar-refractivity contribution in [1.82, 2.24) is 10.7 Å². The number of ether oxygens (including phenoxy) is 3. The topological polar surface area (TPSA) is 101 Å². The SMILES string of the molecule is CCN(CC)c1ccc(C=NNC(=O)CNC(=O)c2cc(OC)c(OC)c(OC)c2)cc1. The van der Waals surface area contributed by atoms with E-state index in [2.05, 4.69) is 34.6 Å². The zero-order chi connectivity index (χ0) is 23.5. The van der Waals surface area contributed by atoms with E-state index in [1.807, 2.05) is 24.3 Å². The summed E-state index contributed by atoms with van der Waals surface area (Å²) in [6.45, 7) is 5.83. The first-order chi connectivity index (χ1) is 15.5. The van der Waals surface area contributed by atoms with Crippen LogP contribution in [0.15, 0.2) is 41.5 Å². The lowest BCUT2D eigenvalue weighted by Crippen LogP contribution is -2.34. The van der Waals surface area contributed by atoms with Gasteiger partial charge in [0, 0.05) is 24.3 Å². The summed E-state index contributed by atoms with van der Waals surface area (Å²) < 4.78 is 15.7. The van der Waals surface area contributed by atoms with Crippen LogP contribution in [0.25, 0.3) is 0 Å². The molecular weight excluding hydrogens is 412 g/mol. The molecule has 9 heteroatoms. The zero-order valence-electron chi connectivity index (χ0n) is 19.1. The van der Waals surface area contributed by atoms with Gasteiger partial charge in [-0.1, -0.05) is 12.1 Å². The highest BCUT2D eigenvalue weighted by molar-refractivity contribution is 5.97. The molecule has 2 rings (SSSR count). The second kappa shape index (κ2) is 12.2. The molecule has 0 saturated carbocycles. The maximum atomic E-state index is 12.4. The fraction of sp³-hybridized carbons (Fsp3) is 0.348. The van der Waals surface area contributed by atoms with Gasteiger partial charge >= 0.3 is 0 Å². The van der Waals surface area contributed by atoms with Gasteiger partial charge in [-0.3, -0.25) is 9.59 Å². The van der Waals surface area contributed by atoms with E-state index in [1.54, 1.807) is 6.21 Å². The van der Waals surface area contributed by atoms with Crippen molar-refractivity contribution in [3.8, 4) is 17.2 Å². The smallest absolute Gasteiger partial charge is 0.259 e. The molecular formula is C23H30N4O5. The van der Waals surface area contributed by atoms with E-state index in [0.29, 0.717) is 17.2 Å². The van der Waals surface area contributed by atoms with Gasteiger partial charge in [-0.15, -0.1) is 0 Å². The maximum absolute atomic E-state index is 12.4. The number of anilines is 1. The van der Waals surface area contributed by atoms with Gasteiger partial charge in [-0.05, 0) is 43.7 Å². The summed E-state index contributed by atoms with van der Waals surface area (Å²) in [5.74, 6) is 0.150. The quantitative estimate of drug-likeness (QED) is 0.409. The molecule has 2 N–H and O–H groups in total. The van der Waals surface area contributed by atoms with Crippen LogP contribution in [0.2, 0.25) is 0 Å². The highest BCUT2D eigenvalue weighted by Gasteiger charge is 2.17. The van der Waals surface area contributed by atoms with Crippen molar-refractivity contribution in [3.63, 3.8) is 0 Å². The summed E-state index contributed by atoms with van der Waals surface area (Å²) in [4.78, 5) is 26.7. The predicted octanol–water partition coefficient (Wildman–Crippen LogP) is 2.44. The minimum Gasteiger partial charge on any atom is -0.493 e. The monoisotopic (exact) mass is 442 g/mol. The van der Waals surface area contributed by atoms with Crippen molar-refractivity contribution in [2.45, 2.75) is 13.8 Å². The van der Waals surface area contributed by atoms with E-state index in [-0.39, 0.29) is 12.1 Å². The molecule has 0 atom stereocenters. The van der Waals surface area contributed by atoms with Crippen molar-refractivity contribution in [1.29, 1.82) is 0 Å². The lowest BCUT2D eigenvalue weighted by molar-refractivity contribution is -0.120. The third-order valence-corrected chi connectivity index (χ3v) is 4.76. The molecule has 0 aromatic heterocycles. The third-order valence-electron chi connectivity index (χ3n) is 4.76. The number of benzene rings is 2. The van der Waals surface area contributed by atoms with Crippen molar-refractivity contribution in [2.24, 2.45) is 5.10 Å². The molecule has 0 bridgehead atoms. The summed E-state index contributed by atoms with van der Waals surface area (Å²) >= 11 is 0. The molecule has 2 aromatic rings. The van der Waals surface area contributed by atoms with Crippen LogP contribution in [-0.2, 0) is 4.79 Å². The molecule has 0 heterocycles. The van der Waals surface area contributed by atoms with Gasteiger partial charge in [-0.2, -0.15) is 5.10 Å². The molecule has 0 aliphatic carbocycles. The Morgan fingerprint density at radius 1 is 0.969 bits per heavy atom. The first-order valence-corrected chi connectivity index (χ1v) is 10.2. The highest BCUT2D eigenvalue weighted by atomic mass is 16.5. The van der Waals surface area contributed by atoms with Crippen molar-refractivity contribution < 1.29 is 23.8 Å². The molecule has 2 amide bonds. The highest BCUT2D eigenvalue weighted by Crippen LogP contribution is 2.38. The second-order valence-electron chi connectivity index (χ2n) is 6.65. The zero-order valence-corrected chi connectivity index (χ0v) is 19.1. The summed E-state index contributed by atoms with van der Waals surface area (Å²) in [6.07, 6.45) is 1.55. The number of amides is 2. The lowest BCUT2D eigenvalue weighted by atomic mass is 10.1. The van der Waals surface area contributed by atoms with Crippen LogP contribution in [0.4, 0.5) is 5.69 Å². The Bertz CT molecular complexity index is 915. The summed E-state index contributed by atoms with van der Waals surface area (Å²) in [5.41, 5.74) is 4.64. The molecule has 0 aliphatic rings. The average Bonchev–Trinajstić information content (AvgIpc) is 2.83. The molecule has 0 fully saturated rings. The van der Waals surface area contributed by atoms with Crippen molar-refractivity contribution in [3.05, 3.63) is 47.5 Å². The first kappa shape index (κ1) is 24.5. The number of hydrogen-bond acceptors (Lipinski definition) is 7. The lowest BCUT2D eigenvalue weighted by Gasteiger charge is -2.20. The number of nitrogens with one attached hydrogen (secondary N) is 2. The molecule has 0 spiro atoms. The van der Waals surface area contributed by atoms with Crippen molar-refractivity contribution in [2.75, 3.05) is 45.9 Å². The van der Waals surface area contributed by atoms with Gasteiger partial charge in [0.25, 0.3) is 11.8 Å². The fourth-order valence-corrected chi connectivity index (χ4v) is 3.05.